The second-order valence-corrected chi connectivity index (χ2v) is 6.23. The zero-order valence-corrected chi connectivity index (χ0v) is 12.3. The summed E-state index contributed by atoms with van der Waals surface area (Å²) in [6.45, 7) is 4.37. The van der Waals surface area contributed by atoms with Crippen LogP contribution in [0.5, 0.6) is 0 Å². The van der Waals surface area contributed by atoms with Gasteiger partial charge >= 0.3 is 0 Å². The molecule has 5 heteroatoms. The minimum absolute atomic E-state index is 0.148. The zero-order chi connectivity index (χ0) is 13.5. The molecule has 0 fully saturated rings. The van der Waals surface area contributed by atoms with Gasteiger partial charge in [-0.15, -0.1) is 0 Å². The first-order valence-electron chi connectivity index (χ1n) is 6.00. The van der Waals surface area contributed by atoms with Crippen LogP contribution in [0, 0.1) is 11.7 Å². The zero-order valence-electron chi connectivity index (χ0n) is 10.7. The van der Waals surface area contributed by atoms with Gasteiger partial charge in [0.15, 0.2) is 0 Å². The Bertz CT molecular complexity index is 374. The maximum Gasteiger partial charge on any atom is 0.142 e. The number of halogens is 2. The molecule has 1 unspecified atom stereocenters. The molecule has 0 aliphatic carbocycles. The van der Waals surface area contributed by atoms with Gasteiger partial charge in [0.1, 0.15) is 5.82 Å². The van der Waals surface area contributed by atoms with Crippen LogP contribution in [0.25, 0.3) is 0 Å². The number of thioether (sulfide) groups is 1. The average molecular weight is 291 g/mol. The molecule has 0 aromatic heterocycles. The van der Waals surface area contributed by atoms with Crippen LogP contribution >= 0.6 is 23.4 Å². The maximum absolute atomic E-state index is 13.3. The summed E-state index contributed by atoms with van der Waals surface area (Å²) in [6, 6.07) is 5.04. The van der Waals surface area contributed by atoms with Crippen LogP contribution in [0.2, 0.25) is 5.02 Å². The Kier molecular flexibility index (Phi) is 7.00. The Morgan fingerprint density at radius 1 is 1.39 bits per heavy atom. The summed E-state index contributed by atoms with van der Waals surface area (Å²) in [5.74, 6) is 7.83. The van der Waals surface area contributed by atoms with Crippen LogP contribution in [0.4, 0.5) is 4.39 Å². The molecule has 0 amide bonds. The van der Waals surface area contributed by atoms with Crippen molar-refractivity contribution in [3.63, 3.8) is 0 Å². The normalized spacial score (nSPS) is 13.0. The Morgan fingerprint density at radius 3 is 2.67 bits per heavy atom. The molecular weight excluding hydrogens is 271 g/mol. The molecule has 1 atom stereocenters. The van der Waals surface area contributed by atoms with Gasteiger partial charge in [-0.25, -0.2) is 4.39 Å². The molecule has 1 rings (SSSR count). The molecule has 102 valence electrons. The molecule has 1 aromatic rings. The number of nitrogens with one attached hydrogen (secondary N) is 1. The van der Waals surface area contributed by atoms with Gasteiger partial charge in [0, 0.05) is 11.8 Å². The molecule has 0 radical (unpaired) electrons. The Labute approximate surface area is 117 Å². The van der Waals surface area contributed by atoms with E-state index in [0.29, 0.717) is 12.3 Å². The van der Waals surface area contributed by atoms with Gasteiger partial charge in [0.2, 0.25) is 0 Å². The van der Waals surface area contributed by atoms with Crippen LogP contribution in [-0.4, -0.2) is 17.5 Å². The van der Waals surface area contributed by atoms with E-state index >= 15 is 0 Å². The van der Waals surface area contributed by atoms with Crippen LogP contribution in [0.1, 0.15) is 19.4 Å². The topological polar surface area (TPSA) is 38.0 Å². The fourth-order valence-corrected chi connectivity index (χ4v) is 2.79. The Morgan fingerprint density at radius 2 is 2.11 bits per heavy atom. The van der Waals surface area contributed by atoms with Gasteiger partial charge < -0.3 is 0 Å². The van der Waals surface area contributed by atoms with E-state index in [-0.39, 0.29) is 16.9 Å². The van der Waals surface area contributed by atoms with Gasteiger partial charge in [0.05, 0.1) is 5.02 Å². The monoisotopic (exact) mass is 290 g/mol. The molecule has 3 N–H and O–H groups in total. The number of benzene rings is 1. The predicted octanol–water partition coefficient (Wildman–Crippen LogP) is 3.24. The largest absolute Gasteiger partial charge is 0.271 e. The summed E-state index contributed by atoms with van der Waals surface area (Å²) < 4.78 is 13.3. The third kappa shape index (κ3) is 5.57. The van der Waals surface area contributed by atoms with E-state index in [2.05, 4.69) is 19.3 Å². The lowest BCUT2D eigenvalue weighted by Crippen LogP contribution is -2.38. The van der Waals surface area contributed by atoms with Crippen LogP contribution in [0.15, 0.2) is 18.2 Å². The van der Waals surface area contributed by atoms with Crippen molar-refractivity contribution in [2.75, 3.05) is 11.5 Å². The molecule has 0 saturated heterocycles. The fraction of sp³-hybridized carbons (Fsp3) is 0.538. The highest BCUT2D eigenvalue weighted by molar-refractivity contribution is 7.99. The second kappa shape index (κ2) is 8.00. The maximum atomic E-state index is 13.3. The van der Waals surface area contributed by atoms with Crippen LogP contribution < -0.4 is 11.3 Å². The predicted molar refractivity (Wildman–Crippen MR) is 78.4 cm³/mol. The first-order valence-corrected chi connectivity index (χ1v) is 7.54. The van der Waals surface area contributed by atoms with Crippen molar-refractivity contribution < 1.29 is 4.39 Å². The summed E-state index contributed by atoms with van der Waals surface area (Å²) in [5, 5.41) is 0.158. The number of hydrogen-bond acceptors (Lipinski definition) is 3. The van der Waals surface area contributed by atoms with E-state index < -0.39 is 0 Å². The molecule has 18 heavy (non-hydrogen) atoms. The van der Waals surface area contributed by atoms with Crippen molar-refractivity contribution in [2.24, 2.45) is 11.8 Å². The third-order valence-electron chi connectivity index (χ3n) is 2.47. The van der Waals surface area contributed by atoms with Crippen molar-refractivity contribution in [3.8, 4) is 0 Å². The third-order valence-corrected chi connectivity index (χ3v) is 4.32. The van der Waals surface area contributed by atoms with Crippen molar-refractivity contribution in [1.82, 2.24) is 5.43 Å². The number of hydrazine groups is 1. The van der Waals surface area contributed by atoms with E-state index in [9.17, 15) is 4.39 Å². The standard InChI is InChI=1S/C13H20ClFN2S/c1-9(2)7-18-8-11(17-16)5-10-3-4-12(14)13(15)6-10/h3-4,6,9,11,17H,5,7-8,16H2,1-2H3. The van der Waals surface area contributed by atoms with Crippen molar-refractivity contribution in [1.29, 1.82) is 0 Å². The summed E-state index contributed by atoms with van der Waals surface area (Å²) in [5.41, 5.74) is 3.69. The molecule has 0 heterocycles. The molecule has 1 aromatic carbocycles. The average Bonchev–Trinajstić information content (AvgIpc) is 2.32. The molecular formula is C13H20ClFN2S. The highest BCUT2D eigenvalue weighted by atomic mass is 35.5. The van der Waals surface area contributed by atoms with Crippen molar-refractivity contribution >= 4 is 23.4 Å². The van der Waals surface area contributed by atoms with Gasteiger partial charge in [-0.1, -0.05) is 31.5 Å². The smallest absolute Gasteiger partial charge is 0.142 e. The molecule has 0 bridgehead atoms. The summed E-state index contributed by atoms with van der Waals surface area (Å²) in [4.78, 5) is 0. The molecule has 0 spiro atoms. The molecule has 0 aliphatic heterocycles. The first kappa shape index (κ1) is 15.8. The van der Waals surface area contributed by atoms with Crippen LogP contribution in [0.3, 0.4) is 0 Å². The van der Waals surface area contributed by atoms with E-state index in [0.717, 1.165) is 17.1 Å². The number of nitrogens with two attached hydrogens (primary N) is 1. The lowest BCUT2D eigenvalue weighted by Gasteiger charge is -2.16. The quantitative estimate of drug-likeness (QED) is 0.598. The van der Waals surface area contributed by atoms with Crippen LogP contribution in [-0.2, 0) is 6.42 Å². The minimum atomic E-state index is -0.375. The van der Waals surface area contributed by atoms with Gasteiger partial charge in [0.25, 0.3) is 0 Å². The van der Waals surface area contributed by atoms with Gasteiger partial charge in [-0.3, -0.25) is 11.3 Å². The Balaban J connectivity index is 2.49. The summed E-state index contributed by atoms with van der Waals surface area (Å²) in [6.07, 6.45) is 0.704. The lowest BCUT2D eigenvalue weighted by molar-refractivity contribution is 0.570. The van der Waals surface area contributed by atoms with E-state index in [4.69, 9.17) is 17.4 Å². The molecule has 0 aliphatic rings. The van der Waals surface area contributed by atoms with E-state index in [1.54, 1.807) is 6.07 Å². The van der Waals surface area contributed by atoms with E-state index in [1.807, 2.05) is 17.8 Å². The number of hydrogen-bond donors (Lipinski definition) is 2. The van der Waals surface area contributed by atoms with Crippen molar-refractivity contribution in [2.45, 2.75) is 26.3 Å². The highest BCUT2D eigenvalue weighted by Gasteiger charge is 2.10. The molecule has 2 nitrogen and oxygen atoms in total. The summed E-state index contributed by atoms with van der Waals surface area (Å²) in [7, 11) is 0. The Hall–Kier alpha value is -0.290. The first-order chi connectivity index (χ1) is 8.52. The highest BCUT2D eigenvalue weighted by Crippen LogP contribution is 2.17. The van der Waals surface area contributed by atoms with Gasteiger partial charge in [-0.2, -0.15) is 11.8 Å². The second-order valence-electron chi connectivity index (χ2n) is 4.75. The lowest BCUT2D eigenvalue weighted by atomic mass is 10.1. The molecule has 0 saturated carbocycles. The minimum Gasteiger partial charge on any atom is -0.271 e. The summed E-state index contributed by atoms with van der Waals surface area (Å²) >= 11 is 7.51. The van der Waals surface area contributed by atoms with E-state index in [1.165, 1.54) is 6.07 Å². The van der Waals surface area contributed by atoms with Crippen molar-refractivity contribution in [3.05, 3.63) is 34.6 Å². The number of rotatable bonds is 7. The van der Waals surface area contributed by atoms with Gasteiger partial charge in [-0.05, 0) is 35.8 Å². The fourth-order valence-electron chi connectivity index (χ4n) is 1.56. The SMILES string of the molecule is CC(C)CSCC(Cc1ccc(Cl)c(F)c1)NN.